The molecule has 0 aromatic heterocycles. The summed E-state index contributed by atoms with van der Waals surface area (Å²) < 4.78 is 20.9. The number of hydrogen-bond acceptors (Lipinski definition) is 3. The van der Waals surface area contributed by atoms with E-state index in [0.29, 0.717) is 6.61 Å². The standard InChI is InChI=1S/C30H44NO3P/c1-7-8-16-34-29(32)21-30(6,26-12-10-9-11-13-26)31-35(33,27-18-23(3)17-24(4)19-27)28-20-22(2)14-15-25(28)5/h14-15,17-20,26H,7-13,16,21H2,1-6H3,(H,31,33)/t30-,35?/m1/s1. The SMILES string of the molecule is CCCCOC(=O)C[C@@](C)(NP(=O)(c1cc(C)cc(C)c1)c1cc(C)ccc1C)C1CCCCC1. The topological polar surface area (TPSA) is 55.4 Å². The summed E-state index contributed by atoms with van der Waals surface area (Å²) >= 11 is 0. The monoisotopic (exact) mass is 497 g/mol. The van der Waals surface area contributed by atoms with Gasteiger partial charge in [0.05, 0.1) is 13.0 Å². The fourth-order valence-corrected chi connectivity index (χ4v) is 8.75. The van der Waals surface area contributed by atoms with Gasteiger partial charge in [-0.3, -0.25) is 14.4 Å². The number of ether oxygens (including phenoxy) is 1. The molecule has 0 amide bonds. The molecule has 192 valence electrons. The average molecular weight is 498 g/mol. The minimum atomic E-state index is -3.28. The lowest BCUT2D eigenvalue weighted by Gasteiger charge is -2.43. The third-order valence-electron chi connectivity index (χ3n) is 7.47. The van der Waals surface area contributed by atoms with Crippen LogP contribution in [-0.4, -0.2) is 18.1 Å². The Hall–Kier alpha value is -1.90. The molecule has 0 aliphatic heterocycles. The van der Waals surface area contributed by atoms with Crippen molar-refractivity contribution in [2.45, 2.75) is 98.4 Å². The van der Waals surface area contributed by atoms with Gasteiger partial charge < -0.3 is 4.74 Å². The molecule has 0 heterocycles. The lowest BCUT2D eigenvalue weighted by molar-refractivity contribution is -0.145. The maximum absolute atomic E-state index is 15.3. The van der Waals surface area contributed by atoms with Crippen LogP contribution in [0.3, 0.4) is 0 Å². The molecule has 2 atom stereocenters. The molecule has 3 rings (SSSR count). The first kappa shape index (κ1) is 27.7. The van der Waals surface area contributed by atoms with Crippen molar-refractivity contribution in [3.05, 3.63) is 58.7 Å². The van der Waals surface area contributed by atoms with Crippen LogP contribution in [0.4, 0.5) is 0 Å². The zero-order valence-corrected chi connectivity index (χ0v) is 23.5. The van der Waals surface area contributed by atoms with Gasteiger partial charge in [0.2, 0.25) is 7.29 Å². The predicted molar refractivity (Wildman–Crippen MR) is 147 cm³/mol. The summed E-state index contributed by atoms with van der Waals surface area (Å²) in [5.41, 5.74) is 3.63. The van der Waals surface area contributed by atoms with Gasteiger partial charge in [-0.05, 0) is 83.6 Å². The first-order valence-electron chi connectivity index (χ1n) is 13.3. The molecule has 2 aromatic rings. The first-order valence-corrected chi connectivity index (χ1v) is 15.0. The quantitative estimate of drug-likeness (QED) is 0.223. The van der Waals surface area contributed by atoms with Gasteiger partial charge in [-0.2, -0.15) is 0 Å². The summed E-state index contributed by atoms with van der Waals surface area (Å²) in [6.07, 6.45) is 7.65. The van der Waals surface area contributed by atoms with E-state index in [4.69, 9.17) is 4.74 Å². The van der Waals surface area contributed by atoms with Crippen molar-refractivity contribution in [2.75, 3.05) is 6.61 Å². The number of carbonyl (C=O) groups is 1. The molecule has 2 aromatic carbocycles. The number of hydrogen-bond donors (Lipinski definition) is 1. The summed E-state index contributed by atoms with van der Waals surface area (Å²) in [6, 6.07) is 12.4. The van der Waals surface area contributed by atoms with Crippen molar-refractivity contribution in [1.82, 2.24) is 5.09 Å². The fraction of sp³-hybridized carbons (Fsp3) is 0.567. The molecule has 1 unspecified atom stereocenters. The number of unbranched alkanes of at least 4 members (excludes halogenated alkanes) is 1. The summed E-state index contributed by atoms with van der Waals surface area (Å²) in [6.45, 7) is 12.8. The van der Waals surface area contributed by atoms with Gasteiger partial charge in [-0.15, -0.1) is 0 Å². The minimum Gasteiger partial charge on any atom is -0.466 e. The number of rotatable bonds is 10. The van der Waals surface area contributed by atoms with Gasteiger partial charge in [0, 0.05) is 16.1 Å². The van der Waals surface area contributed by atoms with E-state index in [0.717, 1.165) is 71.4 Å². The van der Waals surface area contributed by atoms with Gasteiger partial charge in [-0.1, -0.05) is 67.5 Å². The van der Waals surface area contributed by atoms with E-state index in [9.17, 15) is 4.79 Å². The van der Waals surface area contributed by atoms with Crippen LogP contribution < -0.4 is 15.7 Å². The lowest BCUT2D eigenvalue weighted by atomic mass is 9.74. The van der Waals surface area contributed by atoms with Crippen molar-refractivity contribution >= 4 is 23.9 Å². The number of aryl methyl sites for hydroxylation is 4. The molecule has 0 spiro atoms. The van der Waals surface area contributed by atoms with Crippen LogP contribution >= 0.6 is 7.29 Å². The Balaban J connectivity index is 2.11. The van der Waals surface area contributed by atoms with Crippen molar-refractivity contribution in [2.24, 2.45) is 5.92 Å². The van der Waals surface area contributed by atoms with Crippen LogP contribution in [0.1, 0.15) is 87.5 Å². The van der Waals surface area contributed by atoms with Gasteiger partial charge in [-0.25, -0.2) is 0 Å². The third-order valence-corrected chi connectivity index (χ3v) is 10.4. The highest BCUT2D eigenvalue weighted by Crippen LogP contribution is 2.47. The molecule has 1 aliphatic carbocycles. The highest BCUT2D eigenvalue weighted by Gasteiger charge is 2.44. The molecule has 35 heavy (non-hydrogen) atoms. The normalized spacial score (nSPS) is 18.0. The Labute approximate surface area is 212 Å². The third kappa shape index (κ3) is 6.86. The molecule has 5 heteroatoms. The van der Waals surface area contributed by atoms with Gasteiger partial charge in [0.25, 0.3) is 0 Å². The van der Waals surface area contributed by atoms with Crippen LogP contribution in [0.15, 0.2) is 36.4 Å². The van der Waals surface area contributed by atoms with Crippen LogP contribution in [0.5, 0.6) is 0 Å². The molecule has 0 radical (unpaired) electrons. The van der Waals surface area contributed by atoms with E-state index in [-0.39, 0.29) is 18.3 Å². The van der Waals surface area contributed by atoms with Crippen molar-refractivity contribution in [3.63, 3.8) is 0 Å². The molecule has 4 nitrogen and oxygen atoms in total. The Kier molecular flexibility index (Phi) is 9.40. The zero-order valence-electron chi connectivity index (χ0n) is 22.6. The number of benzene rings is 2. The van der Waals surface area contributed by atoms with Crippen LogP contribution in [0.25, 0.3) is 0 Å². The van der Waals surface area contributed by atoms with Crippen LogP contribution in [0, 0.1) is 33.6 Å². The smallest absolute Gasteiger partial charge is 0.307 e. The van der Waals surface area contributed by atoms with Gasteiger partial charge in [0.15, 0.2) is 0 Å². The van der Waals surface area contributed by atoms with Gasteiger partial charge >= 0.3 is 5.97 Å². The van der Waals surface area contributed by atoms with Gasteiger partial charge in [0.1, 0.15) is 0 Å². The molecular weight excluding hydrogens is 453 g/mol. The van der Waals surface area contributed by atoms with Crippen molar-refractivity contribution in [1.29, 1.82) is 0 Å². The Morgan fingerprint density at radius 2 is 1.66 bits per heavy atom. The number of nitrogens with one attached hydrogen (secondary N) is 1. The zero-order chi connectivity index (χ0) is 25.6. The predicted octanol–water partition coefficient (Wildman–Crippen LogP) is 6.81. The van der Waals surface area contributed by atoms with E-state index >= 15 is 4.57 Å². The molecule has 1 N–H and O–H groups in total. The Morgan fingerprint density at radius 1 is 1.00 bits per heavy atom. The second kappa shape index (κ2) is 11.9. The van der Waals surface area contributed by atoms with E-state index < -0.39 is 12.8 Å². The molecule has 1 aliphatic rings. The molecule has 1 saturated carbocycles. The maximum Gasteiger partial charge on any atom is 0.307 e. The molecular formula is C30H44NO3P. The Morgan fingerprint density at radius 3 is 2.29 bits per heavy atom. The van der Waals surface area contributed by atoms with E-state index in [1.165, 1.54) is 6.42 Å². The van der Waals surface area contributed by atoms with E-state index in [1.807, 2.05) is 26.0 Å². The lowest BCUT2D eigenvalue weighted by Crippen LogP contribution is -2.52. The van der Waals surface area contributed by atoms with E-state index in [1.54, 1.807) is 0 Å². The van der Waals surface area contributed by atoms with Crippen LogP contribution in [-0.2, 0) is 14.1 Å². The maximum atomic E-state index is 15.3. The molecule has 1 fully saturated rings. The average Bonchev–Trinajstić information content (AvgIpc) is 2.80. The Bertz CT molecular complexity index is 1050. The van der Waals surface area contributed by atoms with Crippen molar-refractivity contribution < 1.29 is 14.1 Å². The number of carbonyl (C=O) groups excluding carboxylic acids is 1. The fourth-order valence-electron chi connectivity index (χ4n) is 5.51. The van der Waals surface area contributed by atoms with E-state index in [2.05, 4.69) is 57.0 Å². The summed E-state index contributed by atoms with van der Waals surface area (Å²) in [4.78, 5) is 13.0. The largest absolute Gasteiger partial charge is 0.466 e. The molecule has 0 bridgehead atoms. The summed E-state index contributed by atoms with van der Waals surface area (Å²) in [5.74, 6) is 0.0614. The highest BCUT2D eigenvalue weighted by molar-refractivity contribution is 7.77. The van der Waals surface area contributed by atoms with Crippen molar-refractivity contribution in [3.8, 4) is 0 Å². The molecule has 0 saturated heterocycles. The second-order valence-electron chi connectivity index (χ2n) is 10.9. The summed E-state index contributed by atoms with van der Waals surface area (Å²) in [5, 5.41) is 5.35. The van der Waals surface area contributed by atoms with Crippen LogP contribution in [0.2, 0.25) is 0 Å². The first-order chi connectivity index (χ1) is 16.6. The highest BCUT2D eigenvalue weighted by atomic mass is 31.2. The second-order valence-corrected chi connectivity index (χ2v) is 13.3. The number of esters is 1. The summed E-state index contributed by atoms with van der Waals surface area (Å²) in [7, 11) is -3.28. The minimum absolute atomic E-state index is 0.202.